The van der Waals surface area contributed by atoms with Gasteiger partial charge in [-0.1, -0.05) is 23.8 Å². The SMILES string of the molecule is C1COC1.Cc1ccc(Oc2cccc(C(=O)N3CCN(Cc4nc5ccc(C(=O)O)cc5n4C)CC3)c2)cc1. The van der Waals surface area contributed by atoms with E-state index in [1.165, 1.54) is 6.42 Å². The van der Waals surface area contributed by atoms with Crippen molar-refractivity contribution in [2.75, 3.05) is 39.4 Å². The molecule has 0 spiro atoms. The maximum absolute atomic E-state index is 13.2. The molecule has 1 N–H and O–H groups in total. The maximum atomic E-state index is 13.2. The molecule has 3 aromatic carbocycles. The number of aromatic nitrogens is 2. The maximum Gasteiger partial charge on any atom is 0.335 e. The van der Waals surface area contributed by atoms with Gasteiger partial charge >= 0.3 is 5.97 Å². The molecule has 0 bridgehead atoms. The summed E-state index contributed by atoms with van der Waals surface area (Å²) < 4.78 is 12.6. The van der Waals surface area contributed by atoms with Gasteiger partial charge in [0.25, 0.3) is 5.91 Å². The monoisotopic (exact) mass is 542 g/mol. The third-order valence-corrected chi connectivity index (χ3v) is 7.16. The second-order valence-corrected chi connectivity index (χ2v) is 10.1. The van der Waals surface area contributed by atoms with E-state index in [4.69, 9.17) is 14.5 Å². The fraction of sp³-hybridized carbons (Fsp3) is 0.323. The van der Waals surface area contributed by atoms with Crippen molar-refractivity contribution in [3.63, 3.8) is 0 Å². The summed E-state index contributed by atoms with van der Waals surface area (Å²) in [6.45, 7) is 7.36. The number of fused-ring (bicyclic) bond motifs is 1. The molecule has 0 radical (unpaired) electrons. The summed E-state index contributed by atoms with van der Waals surface area (Å²) in [5, 5.41) is 9.27. The normalized spacial score (nSPS) is 15.2. The molecule has 2 aliphatic heterocycles. The van der Waals surface area contributed by atoms with Gasteiger partial charge in [0, 0.05) is 52.0 Å². The zero-order valence-electron chi connectivity index (χ0n) is 22.9. The Balaban J connectivity index is 0.000000741. The number of hydrogen-bond donors (Lipinski definition) is 1. The van der Waals surface area contributed by atoms with Crippen molar-refractivity contribution in [3.05, 3.63) is 89.2 Å². The molecule has 2 aliphatic rings. The summed E-state index contributed by atoms with van der Waals surface area (Å²) in [5.74, 6) is 1.28. The number of carboxylic acid groups (broad SMARTS) is 1. The van der Waals surface area contributed by atoms with E-state index in [-0.39, 0.29) is 11.5 Å². The first kappa shape index (κ1) is 27.4. The van der Waals surface area contributed by atoms with Gasteiger partial charge in [-0.15, -0.1) is 0 Å². The molecule has 3 heterocycles. The molecule has 0 aliphatic carbocycles. The Hall–Kier alpha value is -4.21. The van der Waals surface area contributed by atoms with Gasteiger partial charge in [0.05, 0.1) is 23.1 Å². The highest BCUT2D eigenvalue weighted by atomic mass is 16.5. The average Bonchev–Trinajstić information content (AvgIpc) is 3.23. The average molecular weight is 543 g/mol. The molecule has 0 saturated carbocycles. The van der Waals surface area contributed by atoms with Gasteiger partial charge in [-0.25, -0.2) is 9.78 Å². The number of amides is 1. The number of carbonyl (C=O) groups excluding carboxylic acids is 1. The lowest BCUT2D eigenvalue weighted by Crippen LogP contribution is -2.48. The third kappa shape index (κ3) is 6.50. The lowest BCUT2D eigenvalue weighted by molar-refractivity contribution is 0.0367. The third-order valence-electron chi connectivity index (χ3n) is 7.16. The van der Waals surface area contributed by atoms with Crippen LogP contribution in [0.4, 0.5) is 0 Å². The van der Waals surface area contributed by atoms with Gasteiger partial charge < -0.3 is 24.0 Å². The summed E-state index contributed by atoms with van der Waals surface area (Å²) in [7, 11) is 1.90. The largest absolute Gasteiger partial charge is 0.478 e. The molecule has 2 fully saturated rings. The summed E-state index contributed by atoms with van der Waals surface area (Å²) in [5.41, 5.74) is 3.59. The molecule has 0 unspecified atom stereocenters. The molecule has 208 valence electrons. The van der Waals surface area contributed by atoms with Crippen LogP contribution in [0.15, 0.2) is 66.7 Å². The van der Waals surface area contributed by atoms with Crippen molar-refractivity contribution >= 4 is 22.9 Å². The van der Waals surface area contributed by atoms with Gasteiger partial charge in [0.15, 0.2) is 0 Å². The van der Waals surface area contributed by atoms with Crippen LogP contribution in [0.2, 0.25) is 0 Å². The quantitative estimate of drug-likeness (QED) is 0.376. The second-order valence-electron chi connectivity index (χ2n) is 10.1. The number of hydrogen-bond acceptors (Lipinski definition) is 6. The summed E-state index contributed by atoms with van der Waals surface area (Å²) in [4.78, 5) is 33.3. The first-order chi connectivity index (χ1) is 19.4. The zero-order chi connectivity index (χ0) is 28.1. The zero-order valence-corrected chi connectivity index (χ0v) is 22.9. The molecule has 6 rings (SSSR count). The Morgan fingerprint density at radius 2 is 1.62 bits per heavy atom. The molecule has 0 atom stereocenters. The number of piperazine rings is 1. The minimum absolute atomic E-state index is 0.00654. The summed E-state index contributed by atoms with van der Waals surface area (Å²) >= 11 is 0. The standard InChI is InChI=1S/C28H28N4O4.C3H6O/c1-19-6-9-22(10-7-19)36-23-5-3-4-20(16-23)27(33)32-14-12-31(13-15-32)18-26-29-24-11-8-21(28(34)35)17-25(24)30(26)2;1-2-4-3-1/h3-11,16-17H,12-15,18H2,1-2H3,(H,34,35);1-3H2. The van der Waals surface area contributed by atoms with Crippen LogP contribution in [0.5, 0.6) is 11.5 Å². The molecule has 1 amide bonds. The number of aromatic carboxylic acids is 1. The first-order valence-electron chi connectivity index (χ1n) is 13.5. The van der Waals surface area contributed by atoms with Crippen molar-refractivity contribution in [1.29, 1.82) is 0 Å². The predicted molar refractivity (Wildman–Crippen MR) is 152 cm³/mol. The molecule has 40 heavy (non-hydrogen) atoms. The smallest absolute Gasteiger partial charge is 0.335 e. The molecule has 9 nitrogen and oxygen atoms in total. The Bertz CT molecular complexity index is 1480. The lowest BCUT2D eigenvalue weighted by atomic mass is 10.1. The van der Waals surface area contributed by atoms with Crippen LogP contribution in [0, 0.1) is 6.92 Å². The summed E-state index contributed by atoms with van der Waals surface area (Å²) in [6.07, 6.45) is 1.28. The number of carbonyl (C=O) groups is 2. The van der Waals surface area contributed by atoms with E-state index in [0.29, 0.717) is 30.9 Å². The van der Waals surface area contributed by atoms with Gasteiger partial charge in [-0.2, -0.15) is 0 Å². The number of ether oxygens (including phenoxy) is 2. The van der Waals surface area contributed by atoms with E-state index in [0.717, 1.165) is 54.5 Å². The fourth-order valence-electron chi connectivity index (χ4n) is 4.59. The van der Waals surface area contributed by atoms with Crippen molar-refractivity contribution in [2.24, 2.45) is 7.05 Å². The van der Waals surface area contributed by atoms with Crippen LogP contribution < -0.4 is 4.74 Å². The molecule has 4 aromatic rings. The van der Waals surface area contributed by atoms with E-state index in [1.807, 2.05) is 65.9 Å². The predicted octanol–water partition coefficient (Wildman–Crippen LogP) is 4.74. The number of aryl methyl sites for hydroxylation is 2. The Labute approximate surface area is 233 Å². The number of imidazole rings is 1. The highest BCUT2D eigenvalue weighted by molar-refractivity contribution is 5.95. The van der Waals surface area contributed by atoms with E-state index >= 15 is 0 Å². The topological polar surface area (TPSA) is 97.1 Å². The number of nitrogens with zero attached hydrogens (tertiary/aromatic N) is 4. The van der Waals surface area contributed by atoms with Crippen LogP contribution in [0.1, 0.15) is 38.5 Å². The minimum Gasteiger partial charge on any atom is -0.478 e. The second kappa shape index (κ2) is 12.3. The van der Waals surface area contributed by atoms with Crippen LogP contribution in [-0.4, -0.2) is 75.7 Å². The molecule has 9 heteroatoms. The molecule has 1 aromatic heterocycles. The Morgan fingerprint density at radius 1 is 0.925 bits per heavy atom. The van der Waals surface area contributed by atoms with E-state index in [1.54, 1.807) is 24.3 Å². The van der Waals surface area contributed by atoms with Crippen molar-refractivity contribution < 1.29 is 24.2 Å². The number of carboxylic acids is 1. The minimum atomic E-state index is -0.951. The van der Waals surface area contributed by atoms with Crippen LogP contribution in [0.25, 0.3) is 11.0 Å². The fourth-order valence-corrected chi connectivity index (χ4v) is 4.59. The number of benzene rings is 3. The van der Waals surface area contributed by atoms with E-state index in [2.05, 4.69) is 4.90 Å². The lowest BCUT2D eigenvalue weighted by Gasteiger charge is -2.34. The van der Waals surface area contributed by atoms with Gasteiger partial charge in [0.2, 0.25) is 0 Å². The van der Waals surface area contributed by atoms with E-state index in [9.17, 15) is 14.7 Å². The van der Waals surface area contributed by atoms with Crippen molar-refractivity contribution in [3.8, 4) is 11.5 Å². The van der Waals surface area contributed by atoms with Crippen LogP contribution >= 0.6 is 0 Å². The highest BCUT2D eigenvalue weighted by Gasteiger charge is 2.24. The van der Waals surface area contributed by atoms with Gasteiger partial charge in [-0.3, -0.25) is 9.69 Å². The Morgan fingerprint density at radius 3 is 2.27 bits per heavy atom. The molecular weight excluding hydrogens is 508 g/mol. The number of rotatable bonds is 6. The van der Waals surface area contributed by atoms with Crippen molar-refractivity contribution in [2.45, 2.75) is 19.9 Å². The Kier molecular flexibility index (Phi) is 8.42. The summed E-state index contributed by atoms with van der Waals surface area (Å²) in [6, 6.07) is 20.1. The van der Waals surface area contributed by atoms with Crippen LogP contribution in [0.3, 0.4) is 0 Å². The molecule has 2 saturated heterocycles. The van der Waals surface area contributed by atoms with Gasteiger partial charge in [-0.05, 0) is 61.9 Å². The molecular formula is C31H34N4O5. The first-order valence-corrected chi connectivity index (χ1v) is 13.5. The highest BCUT2D eigenvalue weighted by Crippen LogP contribution is 2.24. The van der Waals surface area contributed by atoms with Gasteiger partial charge in [0.1, 0.15) is 17.3 Å². The van der Waals surface area contributed by atoms with Crippen molar-refractivity contribution in [1.82, 2.24) is 19.4 Å². The van der Waals surface area contributed by atoms with E-state index < -0.39 is 5.97 Å². The van der Waals surface area contributed by atoms with Crippen LogP contribution in [-0.2, 0) is 18.3 Å².